The van der Waals surface area contributed by atoms with E-state index in [0.717, 1.165) is 31.4 Å². The molecule has 2 aliphatic rings. The zero-order chi connectivity index (χ0) is 14.7. The molecule has 1 aromatic rings. The first-order valence-corrected chi connectivity index (χ1v) is 7.25. The van der Waals surface area contributed by atoms with Crippen molar-refractivity contribution < 1.29 is 23.0 Å². The summed E-state index contributed by atoms with van der Waals surface area (Å²) < 4.78 is 39.9. The van der Waals surface area contributed by atoms with Crippen molar-refractivity contribution in [1.29, 1.82) is 0 Å². The molecule has 116 valence electrons. The standard InChI is InChI=1S/C15H19F2NO3/c16-14(17)21-13-3-1-11(2-4-13)18-12-5-7-15(8-6-12)19-9-10-20-15/h1-4,12,14,18H,5-10H2. The Kier molecular flexibility index (Phi) is 4.26. The smallest absolute Gasteiger partial charge is 0.387 e. The first kappa shape index (κ1) is 14.5. The fourth-order valence-electron chi connectivity index (χ4n) is 2.96. The van der Waals surface area contributed by atoms with Crippen molar-refractivity contribution in [1.82, 2.24) is 0 Å². The third-order valence-electron chi connectivity index (χ3n) is 4.01. The molecule has 0 bridgehead atoms. The summed E-state index contributed by atoms with van der Waals surface area (Å²) in [5.41, 5.74) is 0.908. The summed E-state index contributed by atoms with van der Waals surface area (Å²) in [6, 6.07) is 6.95. The van der Waals surface area contributed by atoms with Gasteiger partial charge in [-0.05, 0) is 37.1 Å². The van der Waals surface area contributed by atoms with E-state index in [2.05, 4.69) is 10.1 Å². The lowest BCUT2D eigenvalue weighted by molar-refractivity contribution is -0.177. The summed E-state index contributed by atoms with van der Waals surface area (Å²) in [5.74, 6) is -0.182. The van der Waals surface area contributed by atoms with Crippen LogP contribution in [-0.4, -0.2) is 31.7 Å². The Morgan fingerprint density at radius 1 is 1.10 bits per heavy atom. The van der Waals surface area contributed by atoms with Crippen molar-refractivity contribution >= 4 is 5.69 Å². The maximum Gasteiger partial charge on any atom is 0.387 e. The highest BCUT2D eigenvalue weighted by Gasteiger charge is 2.40. The van der Waals surface area contributed by atoms with Gasteiger partial charge in [0.25, 0.3) is 0 Å². The van der Waals surface area contributed by atoms with Crippen molar-refractivity contribution in [2.75, 3.05) is 18.5 Å². The fourth-order valence-corrected chi connectivity index (χ4v) is 2.96. The molecule has 0 aromatic heterocycles. The molecule has 1 saturated heterocycles. The zero-order valence-corrected chi connectivity index (χ0v) is 11.7. The van der Waals surface area contributed by atoms with Crippen molar-refractivity contribution in [3.63, 3.8) is 0 Å². The molecular formula is C15H19F2NO3. The highest BCUT2D eigenvalue weighted by Crippen LogP contribution is 2.36. The van der Waals surface area contributed by atoms with Crippen LogP contribution in [0.3, 0.4) is 0 Å². The average Bonchev–Trinajstić information content (AvgIpc) is 2.92. The minimum absolute atomic E-state index is 0.172. The van der Waals surface area contributed by atoms with E-state index in [0.29, 0.717) is 19.3 Å². The Balaban J connectivity index is 1.51. The normalized spacial score (nSPS) is 21.9. The summed E-state index contributed by atoms with van der Waals surface area (Å²) in [7, 11) is 0. The predicted molar refractivity (Wildman–Crippen MR) is 73.6 cm³/mol. The van der Waals surface area contributed by atoms with E-state index < -0.39 is 6.61 Å². The van der Waals surface area contributed by atoms with Crippen LogP contribution < -0.4 is 10.1 Å². The van der Waals surface area contributed by atoms with Gasteiger partial charge in [0.1, 0.15) is 5.75 Å². The third kappa shape index (κ3) is 3.63. The van der Waals surface area contributed by atoms with Crippen LogP contribution >= 0.6 is 0 Å². The Morgan fingerprint density at radius 3 is 2.29 bits per heavy atom. The highest BCUT2D eigenvalue weighted by molar-refractivity contribution is 5.47. The quantitative estimate of drug-likeness (QED) is 0.925. The van der Waals surface area contributed by atoms with Crippen LogP contribution in [0.1, 0.15) is 25.7 Å². The minimum Gasteiger partial charge on any atom is -0.435 e. The van der Waals surface area contributed by atoms with Gasteiger partial charge in [-0.2, -0.15) is 8.78 Å². The van der Waals surface area contributed by atoms with Crippen LogP contribution in [0.5, 0.6) is 5.75 Å². The number of hydrogen-bond acceptors (Lipinski definition) is 4. The second kappa shape index (κ2) is 6.15. The predicted octanol–water partition coefficient (Wildman–Crippen LogP) is 3.39. The molecule has 21 heavy (non-hydrogen) atoms. The van der Waals surface area contributed by atoms with E-state index in [1.165, 1.54) is 0 Å². The molecule has 1 aliphatic carbocycles. The van der Waals surface area contributed by atoms with Crippen LogP contribution in [0.2, 0.25) is 0 Å². The van der Waals surface area contributed by atoms with Crippen LogP contribution in [0, 0.1) is 0 Å². The number of benzene rings is 1. The highest BCUT2D eigenvalue weighted by atomic mass is 19.3. The average molecular weight is 299 g/mol. The largest absolute Gasteiger partial charge is 0.435 e. The number of alkyl halides is 2. The lowest BCUT2D eigenvalue weighted by Gasteiger charge is -2.36. The molecule has 0 atom stereocenters. The number of hydrogen-bond donors (Lipinski definition) is 1. The fraction of sp³-hybridized carbons (Fsp3) is 0.600. The lowest BCUT2D eigenvalue weighted by atomic mass is 9.90. The van der Waals surface area contributed by atoms with Crippen LogP contribution in [0.25, 0.3) is 0 Å². The Morgan fingerprint density at radius 2 is 1.71 bits per heavy atom. The van der Waals surface area contributed by atoms with Crippen LogP contribution in [0.4, 0.5) is 14.5 Å². The molecule has 3 rings (SSSR count). The van der Waals surface area contributed by atoms with Gasteiger partial charge in [-0.15, -0.1) is 0 Å². The van der Waals surface area contributed by atoms with Gasteiger partial charge in [-0.3, -0.25) is 0 Å². The maximum absolute atomic E-state index is 12.1. The summed E-state index contributed by atoms with van der Waals surface area (Å²) in [6.45, 7) is -1.42. The molecule has 4 nitrogen and oxygen atoms in total. The summed E-state index contributed by atoms with van der Waals surface area (Å²) in [5, 5.41) is 3.41. The van der Waals surface area contributed by atoms with Gasteiger partial charge in [-0.25, -0.2) is 0 Å². The number of anilines is 1. The minimum atomic E-state index is -2.79. The van der Waals surface area contributed by atoms with Gasteiger partial charge in [0.05, 0.1) is 13.2 Å². The number of nitrogens with one attached hydrogen (secondary N) is 1. The first-order valence-electron chi connectivity index (χ1n) is 7.25. The third-order valence-corrected chi connectivity index (χ3v) is 4.01. The number of rotatable bonds is 4. The number of ether oxygens (including phenoxy) is 3. The molecule has 6 heteroatoms. The molecule has 2 fully saturated rings. The van der Waals surface area contributed by atoms with Crippen LogP contribution in [0.15, 0.2) is 24.3 Å². The molecule has 1 aliphatic heterocycles. The van der Waals surface area contributed by atoms with Gasteiger partial charge >= 0.3 is 6.61 Å². The molecule has 1 N–H and O–H groups in total. The summed E-state index contributed by atoms with van der Waals surface area (Å²) >= 11 is 0. The van der Waals surface area contributed by atoms with Crippen LogP contribution in [-0.2, 0) is 9.47 Å². The molecule has 1 heterocycles. The lowest BCUT2D eigenvalue weighted by Crippen LogP contribution is -2.39. The van der Waals surface area contributed by atoms with E-state index in [9.17, 15) is 8.78 Å². The zero-order valence-electron chi connectivity index (χ0n) is 11.7. The first-order chi connectivity index (χ1) is 10.2. The SMILES string of the molecule is FC(F)Oc1ccc(NC2CCC3(CC2)OCCO3)cc1. The van der Waals surface area contributed by atoms with E-state index in [-0.39, 0.29) is 11.5 Å². The molecule has 0 unspecified atom stereocenters. The summed E-state index contributed by atoms with van der Waals surface area (Å²) in [4.78, 5) is 0. The summed E-state index contributed by atoms with van der Waals surface area (Å²) in [6.07, 6.45) is 3.71. The topological polar surface area (TPSA) is 39.7 Å². The Labute approximate surface area is 122 Å². The van der Waals surface area contributed by atoms with E-state index in [4.69, 9.17) is 9.47 Å². The molecular weight excluding hydrogens is 280 g/mol. The molecule has 1 spiro atoms. The van der Waals surface area contributed by atoms with Gasteiger partial charge in [0.15, 0.2) is 5.79 Å². The Bertz CT molecular complexity index is 450. The van der Waals surface area contributed by atoms with Gasteiger partial charge in [0, 0.05) is 24.6 Å². The van der Waals surface area contributed by atoms with E-state index in [1.54, 1.807) is 24.3 Å². The second-order valence-electron chi connectivity index (χ2n) is 5.43. The molecule has 1 saturated carbocycles. The van der Waals surface area contributed by atoms with E-state index in [1.807, 2.05) is 0 Å². The van der Waals surface area contributed by atoms with E-state index >= 15 is 0 Å². The molecule has 0 amide bonds. The van der Waals surface area contributed by atoms with Crippen molar-refractivity contribution in [3.05, 3.63) is 24.3 Å². The van der Waals surface area contributed by atoms with Crippen molar-refractivity contribution in [2.24, 2.45) is 0 Å². The Hall–Kier alpha value is -1.40. The van der Waals surface area contributed by atoms with Gasteiger partial charge in [0.2, 0.25) is 0 Å². The van der Waals surface area contributed by atoms with Gasteiger partial charge < -0.3 is 19.5 Å². The van der Waals surface area contributed by atoms with Crippen molar-refractivity contribution in [3.8, 4) is 5.75 Å². The monoisotopic (exact) mass is 299 g/mol. The maximum atomic E-state index is 12.1. The second-order valence-corrected chi connectivity index (χ2v) is 5.43. The number of halogens is 2. The molecule has 0 radical (unpaired) electrons. The van der Waals surface area contributed by atoms with Crippen molar-refractivity contribution in [2.45, 2.75) is 44.1 Å². The van der Waals surface area contributed by atoms with Gasteiger partial charge in [-0.1, -0.05) is 0 Å². The molecule has 1 aromatic carbocycles.